The van der Waals surface area contributed by atoms with Crippen molar-refractivity contribution in [1.29, 1.82) is 0 Å². The van der Waals surface area contributed by atoms with Crippen molar-refractivity contribution in [1.82, 2.24) is 5.32 Å². The van der Waals surface area contributed by atoms with E-state index in [1.807, 2.05) is 0 Å². The molecule has 0 spiro atoms. The second-order valence-corrected chi connectivity index (χ2v) is 21.7. The van der Waals surface area contributed by atoms with Gasteiger partial charge >= 0.3 is 5.97 Å². The molecule has 410 valence electrons. The van der Waals surface area contributed by atoms with Crippen molar-refractivity contribution in [2.24, 2.45) is 0 Å². The average molecular weight is 975 g/mol. The fourth-order valence-electron chi connectivity index (χ4n) is 9.99. The summed E-state index contributed by atoms with van der Waals surface area (Å²) in [6.45, 7) is 4.95. The quantitative estimate of drug-likeness (QED) is 0.0321. The number of unbranched alkanes of at least 4 members (excludes halogenated alkanes) is 46. The molecular formula is C63H123NO5. The maximum Gasteiger partial charge on any atom is 0.305 e. The Hall–Kier alpha value is -1.40. The van der Waals surface area contributed by atoms with Crippen LogP contribution in [0.5, 0.6) is 0 Å². The van der Waals surface area contributed by atoms with Crippen LogP contribution in [0.2, 0.25) is 0 Å². The third-order valence-corrected chi connectivity index (χ3v) is 14.8. The maximum absolute atomic E-state index is 12.5. The van der Waals surface area contributed by atoms with Gasteiger partial charge in [-0.1, -0.05) is 302 Å². The molecule has 0 saturated heterocycles. The van der Waals surface area contributed by atoms with Gasteiger partial charge in [-0.25, -0.2) is 0 Å². The summed E-state index contributed by atoms with van der Waals surface area (Å²) in [5.41, 5.74) is 0. The summed E-state index contributed by atoms with van der Waals surface area (Å²) in [6.07, 6.45) is 70.8. The van der Waals surface area contributed by atoms with Gasteiger partial charge in [-0.15, -0.1) is 0 Å². The highest BCUT2D eigenvalue weighted by Gasteiger charge is 2.20. The normalized spacial score (nSPS) is 12.6. The molecule has 0 fully saturated rings. The molecule has 0 aliphatic rings. The molecule has 0 bridgehead atoms. The van der Waals surface area contributed by atoms with Gasteiger partial charge < -0.3 is 20.3 Å². The van der Waals surface area contributed by atoms with Crippen molar-refractivity contribution in [3.8, 4) is 0 Å². The molecular weight excluding hydrogens is 851 g/mol. The monoisotopic (exact) mass is 974 g/mol. The van der Waals surface area contributed by atoms with Crippen LogP contribution in [0.3, 0.4) is 0 Å². The number of esters is 1. The first-order valence-electron chi connectivity index (χ1n) is 31.4. The van der Waals surface area contributed by atoms with E-state index in [9.17, 15) is 19.8 Å². The summed E-state index contributed by atoms with van der Waals surface area (Å²) < 4.78 is 5.46. The van der Waals surface area contributed by atoms with Crippen molar-refractivity contribution >= 4 is 11.9 Å². The smallest absolute Gasteiger partial charge is 0.305 e. The molecule has 0 aliphatic carbocycles. The summed E-state index contributed by atoms with van der Waals surface area (Å²) >= 11 is 0. The number of aliphatic hydroxyl groups excluding tert-OH is 2. The number of allylic oxidation sites excluding steroid dienone is 2. The number of rotatable bonds is 59. The van der Waals surface area contributed by atoms with Gasteiger partial charge in [0.25, 0.3) is 0 Å². The SMILES string of the molecule is CCCCCCCCCCCCCCCCCCCCCCCCCCCC(O)C(CO)NC(=O)CCCCCCC/C=C\CCCCCCCCCOC(=O)CCCCCCCCCCCCC. The summed E-state index contributed by atoms with van der Waals surface area (Å²) in [5.74, 6) is -0.0497. The number of carbonyl (C=O) groups excluding carboxylic acids is 2. The second-order valence-electron chi connectivity index (χ2n) is 21.7. The molecule has 0 aromatic carbocycles. The predicted octanol–water partition coefficient (Wildman–Crippen LogP) is 19.6. The highest BCUT2D eigenvalue weighted by atomic mass is 16.5. The van der Waals surface area contributed by atoms with Crippen LogP contribution in [-0.2, 0) is 14.3 Å². The Bertz CT molecular complexity index is 1030. The van der Waals surface area contributed by atoms with Gasteiger partial charge in [0.1, 0.15) is 0 Å². The molecule has 0 heterocycles. The molecule has 6 nitrogen and oxygen atoms in total. The molecule has 69 heavy (non-hydrogen) atoms. The highest BCUT2D eigenvalue weighted by molar-refractivity contribution is 5.76. The maximum atomic E-state index is 12.5. The Morgan fingerprint density at radius 3 is 1.03 bits per heavy atom. The number of nitrogens with one attached hydrogen (secondary N) is 1. The summed E-state index contributed by atoms with van der Waals surface area (Å²) in [6, 6.07) is -0.554. The lowest BCUT2D eigenvalue weighted by Gasteiger charge is -2.22. The van der Waals surface area contributed by atoms with Gasteiger partial charge in [0, 0.05) is 12.8 Å². The van der Waals surface area contributed by atoms with Crippen molar-refractivity contribution in [3.05, 3.63) is 12.2 Å². The van der Waals surface area contributed by atoms with Crippen LogP contribution in [0.15, 0.2) is 12.2 Å². The molecule has 1 amide bonds. The summed E-state index contributed by atoms with van der Waals surface area (Å²) in [4.78, 5) is 24.5. The average Bonchev–Trinajstić information content (AvgIpc) is 3.35. The van der Waals surface area contributed by atoms with E-state index >= 15 is 0 Å². The molecule has 0 aromatic rings. The van der Waals surface area contributed by atoms with E-state index < -0.39 is 12.1 Å². The first kappa shape index (κ1) is 67.6. The molecule has 2 atom stereocenters. The fourth-order valence-corrected chi connectivity index (χ4v) is 9.99. The summed E-state index contributed by atoms with van der Waals surface area (Å²) in [5, 5.41) is 23.4. The van der Waals surface area contributed by atoms with E-state index in [1.54, 1.807) is 0 Å². The minimum atomic E-state index is -0.675. The Labute approximate surface area is 431 Å². The van der Waals surface area contributed by atoms with E-state index in [0.717, 1.165) is 64.2 Å². The molecule has 0 radical (unpaired) electrons. The highest BCUT2D eigenvalue weighted by Crippen LogP contribution is 2.18. The van der Waals surface area contributed by atoms with Crippen LogP contribution >= 0.6 is 0 Å². The van der Waals surface area contributed by atoms with Gasteiger partial charge in [-0.05, 0) is 51.4 Å². The van der Waals surface area contributed by atoms with Gasteiger partial charge in [-0.3, -0.25) is 9.59 Å². The number of hydrogen-bond acceptors (Lipinski definition) is 5. The minimum absolute atomic E-state index is 0.00202. The van der Waals surface area contributed by atoms with Crippen LogP contribution < -0.4 is 5.32 Å². The molecule has 0 rings (SSSR count). The zero-order valence-corrected chi connectivity index (χ0v) is 46.8. The number of aliphatic hydroxyl groups is 2. The first-order valence-corrected chi connectivity index (χ1v) is 31.4. The van der Waals surface area contributed by atoms with Crippen LogP contribution in [0, 0.1) is 0 Å². The Balaban J connectivity index is 3.45. The molecule has 6 heteroatoms. The van der Waals surface area contributed by atoms with Gasteiger partial charge in [0.05, 0.1) is 25.4 Å². The van der Waals surface area contributed by atoms with E-state index in [0.29, 0.717) is 25.9 Å². The molecule has 2 unspecified atom stereocenters. The number of hydrogen-bond donors (Lipinski definition) is 3. The number of carbonyl (C=O) groups is 2. The van der Waals surface area contributed by atoms with Crippen molar-refractivity contribution in [2.75, 3.05) is 13.2 Å². The third-order valence-electron chi connectivity index (χ3n) is 14.8. The lowest BCUT2D eigenvalue weighted by molar-refractivity contribution is -0.143. The van der Waals surface area contributed by atoms with Gasteiger partial charge in [0.2, 0.25) is 5.91 Å². The standard InChI is InChI=1S/C63H123NO5/c1-3-5-7-9-11-13-15-16-17-18-19-20-21-22-23-24-25-26-29-32-36-39-43-47-51-55-61(66)60(59-65)64-62(67)56-52-48-44-40-37-33-30-27-28-31-34-38-42-46-50-54-58-69-63(68)57-53-49-45-41-35-14-12-10-8-6-4-2/h27,30,60-61,65-66H,3-26,28-29,31-59H2,1-2H3,(H,64,67)/b30-27-. The third kappa shape index (κ3) is 55.8. The van der Waals surface area contributed by atoms with E-state index in [1.165, 1.54) is 257 Å². The van der Waals surface area contributed by atoms with E-state index in [2.05, 4.69) is 31.3 Å². The molecule has 0 aliphatic heterocycles. The van der Waals surface area contributed by atoms with Crippen molar-refractivity contribution < 1.29 is 24.5 Å². The van der Waals surface area contributed by atoms with E-state index in [-0.39, 0.29) is 18.5 Å². The van der Waals surface area contributed by atoms with Gasteiger partial charge in [-0.2, -0.15) is 0 Å². The lowest BCUT2D eigenvalue weighted by atomic mass is 10.0. The zero-order valence-electron chi connectivity index (χ0n) is 46.8. The number of ether oxygens (including phenoxy) is 1. The Morgan fingerprint density at radius 2 is 0.681 bits per heavy atom. The van der Waals surface area contributed by atoms with Crippen molar-refractivity contribution in [3.63, 3.8) is 0 Å². The second kappa shape index (κ2) is 59.2. The van der Waals surface area contributed by atoms with Crippen LogP contribution in [-0.4, -0.2) is 47.4 Å². The van der Waals surface area contributed by atoms with E-state index in [4.69, 9.17) is 4.74 Å². The first-order chi connectivity index (χ1) is 34.0. The van der Waals surface area contributed by atoms with Crippen LogP contribution in [0.1, 0.15) is 354 Å². The van der Waals surface area contributed by atoms with Crippen LogP contribution in [0.25, 0.3) is 0 Å². The molecule has 0 aromatic heterocycles. The number of amides is 1. The Kier molecular flexibility index (Phi) is 58.0. The van der Waals surface area contributed by atoms with Crippen LogP contribution in [0.4, 0.5) is 0 Å². The van der Waals surface area contributed by atoms with Gasteiger partial charge in [0.15, 0.2) is 0 Å². The largest absolute Gasteiger partial charge is 0.466 e. The Morgan fingerprint density at radius 1 is 0.391 bits per heavy atom. The fraction of sp³-hybridized carbons (Fsp3) is 0.937. The summed E-state index contributed by atoms with van der Waals surface area (Å²) in [7, 11) is 0. The van der Waals surface area contributed by atoms with Crippen molar-refractivity contribution in [2.45, 2.75) is 366 Å². The topological polar surface area (TPSA) is 95.9 Å². The molecule has 3 N–H and O–H groups in total. The minimum Gasteiger partial charge on any atom is -0.466 e. The predicted molar refractivity (Wildman–Crippen MR) is 301 cm³/mol. The lowest BCUT2D eigenvalue weighted by Crippen LogP contribution is -2.45. The zero-order chi connectivity index (χ0) is 50.0. The molecule has 0 saturated carbocycles.